The highest BCUT2D eigenvalue weighted by Gasteiger charge is 2.34. The van der Waals surface area contributed by atoms with Crippen molar-refractivity contribution < 1.29 is 34.2 Å². The van der Waals surface area contributed by atoms with Gasteiger partial charge in [0.2, 0.25) is 23.6 Å². The number of aromatic nitrogens is 2. The molecule has 1 rings (SSSR count). The molecule has 0 spiro atoms. The molecule has 190 valence electrons. The first-order valence-electron chi connectivity index (χ1n) is 10.7. The fourth-order valence-electron chi connectivity index (χ4n) is 3.00. The molecule has 1 aromatic rings. The van der Waals surface area contributed by atoms with E-state index in [1.54, 1.807) is 13.8 Å². The van der Waals surface area contributed by atoms with Gasteiger partial charge in [0.1, 0.15) is 18.1 Å². The zero-order valence-corrected chi connectivity index (χ0v) is 19.3. The van der Waals surface area contributed by atoms with Crippen LogP contribution in [0.1, 0.15) is 39.3 Å². The fourth-order valence-corrected chi connectivity index (χ4v) is 3.00. The van der Waals surface area contributed by atoms with Crippen LogP contribution in [0.25, 0.3) is 0 Å². The maximum Gasteiger partial charge on any atom is 0.326 e. The Morgan fingerprint density at radius 3 is 2.15 bits per heavy atom. The molecule has 10 N–H and O–H groups in total. The zero-order chi connectivity index (χ0) is 26.0. The van der Waals surface area contributed by atoms with Gasteiger partial charge in [0.05, 0.1) is 24.9 Å². The molecule has 4 amide bonds. The number of hydrogen-bond donors (Lipinski definition) is 8. The molecule has 14 heteroatoms. The number of aliphatic carboxylic acids is 1. The number of rotatable bonds is 14. The number of nitrogens with two attached hydrogens (primary N) is 2. The van der Waals surface area contributed by atoms with Gasteiger partial charge in [-0.15, -0.1) is 0 Å². The summed E-state index contributed by atoms with van der Waals surface area (Å²) >= 11 is 0. The van der Waals surface area contributed by atoms with Crippen LogP contribution in [0.15, 0.2) is 12.5 Å². The van der Waals surface area contributed by atoms with Crippen molar-refractivity contribution in [3.05, 3.63) is 18.2 Å². The third-order valence-corrected chi connectivity index (χ3v) is 5.21. The molecule has 0 aliphatic carbocycles. The number of carboxylic acid groups (broad SMARTS) is 1. The van der Waals surface area contributed by atoms with Gasteiger partial charge in [0.25, 0.3) is 0 Å². The number of aliphatic hydroxyl groups excluding tert-OH is 1. The average molecular weight is 484 g/mol. The van der Waals surface area contributed by atoms with E-state index in [-0.39, 0.29) is 6.42 Å². The normalized spacial score (nSPS) is 16.3. The lowest BCUT2D eigenvalue weighted by atomic mass is 9.98. The van der Waals surface area contributed by atoms with Gasteiger partial charge in [-0.3, -0.25) is 19.2 Å². The van der Waals surface area contributed by atoms with Crippen molar-refractivity contribution in [2.75, 3.05) is 0 Å². The average Bonchev–Trinajstić information content (AvgIpc) is 3.26. The Labute approximate surface area is 196 Å². The summed E-state index contributed by atoms with van der Waals surface area (Å²) < 4.78 is 0. The van der Waals surface area contributed by atoms with E-state index in [1.807, 2.05) is 0 Å². The molecule has 0 bridgehead atoms. The predicted octanol–water partition coefficient (Wildman–Crippen LogP) is -2.88. The summed E-state index contributed by atoms with van der Waals surface area (Å²) in [5, 5.41) is 26.2. The largest absolute Gasteiger partial charge is 0.480 e. The number of nitrogens with zero attached hydrogens (tertiary/aromatic N) is 1. The fraction of sp³-hybridized carbons (Fsp3) is 0.600. The van der Waals surface area contributed by atoms with Crippen LogP contribution >= 0.6 is 0 Å². The van der Waals surface area contributed by atoms with Crippen LogP contribution in [-0.2, 0) is 30.4 Å². The molecular weight excluding hydrogens is 450 g/mol. The summed E-state index contributed by atoms with van der Waals surface area (Å²) in [5.74, 6) is -5.32. The summed E-state index contributed by atoms with van der Waals surface area (Å²) in [4.78, 5) is 67.4. The Kier molecular flexibility index (Phi) is 11.1. The predicted molar refractivity (Wildman–Crippen MR) is 119 cm³/mol. The molecule has 34 heavy (non-hydrogen) atoms. The number of aliphatic hydroxyl groups is 1. The molecule has 14 nitrogen and oxygen atoms in total. The molecule has 0 saturated heterocycles. The number of amides is 4. The molecule has 0 radical (unpaired) electrons. The SMILES string of the molecule is CCC(C)C(NC(=O)C(NC(=O)C(CC(N)=O)NC(=O)C(N)Cc1cnc[nH]1)C(C)O)C(=O)O. The van der Waals surface area contributed by atoms with Gasteiger partial charge in [-0.1, -0.05) is 20.3 Å². The third-order valence-electron chi connectivity index (χ3n) is 5.21. The molecular formula is C20H33N7O7. The molecule has 0 aliphatic rings. The number of hydrogen-bond acceptors (Lipinski definition) is 8. The number of carboxylic acids is 1. The number of imidazole rings is 1. The van der Waals surface area contributed by atoms with Crippen LogP contribution in [0.3, 0.4) is 0 Å². The second-order valence-corrected chi connectivity index (χ2v) is 8.06. The standard InChI is InChI=1S/C20H33N7O7/c1-4-9(2)15(20(33)34)26-19(32)16(10(3)28)27-18(31)13(6-14(22)29)25-17(30)12(21)5-11-7-23-8-24-11/h7-10,12-13,15-16,28H,4-6,21H2,1-3H3,(H2,22,29)(H,23,24)(H,25,30)(H,26,32)(H,27,31)(H,33,34). The van der Waals surface area contributed by atoms with Crippen LogP contribution in [0.2, 0.25) is 0 Å². The van der Waals surface area contributed by atoms with E-state index in [0.29, 0.717) is 12.1 Å². The lowest BCUT2D eigenvalue weighted by molar-refractivity contribution is -0.144. The topological polar surface area (TPSA) is 243 Å². The van der Waals surface area contributed by atoms with Crippen molar-refractivity contribution >= 4 is 29.6 Å². The van der Waals surface area contributed by atoms with Crippen molar-refractivity contribution in [1.82, 2.24) is 25.9 Å². The van der Waals surface area contributed by atoms with E-state index < -0.39 is 72.2 Å². The maximum absolute atomic E-state index is 12.8. The van der Waals surface area contributed by atoms with Gasteiger partial charge >= 0.3 is 5.97 Å². The van der Waals surface area contributed by atoms with Crippen molar-refractivity contribution in [3.63, 3.8) is 0 Å². The highest BCUT2D eigenvalue weighted by molar-refractivity contribution is 5.96. The molecule has 6 atom stereocenters. The smallest absolute Gasteiger partial charge is 0.326 e. The quantitative estimate of drug-likeness (QED) is 0.135. The zero-order valence-electron chi connectivity index (χ0n) is 19.3. The monoisotopic (exact) mass is 483 g/mol. The molecule has 0 aromatic carbocycles. The summed E-state index contributed by atoms with van der Waals surface area (Å²) in [7, 11) is 0. The summed E-state index contributed by atoms with van der Waals surface area (Å²) in [6, 6.07) is -5.40. The van der Waals surface area contributed by atoms with Crippen molar-refractivity contribution in [1.29, 1.82) is 0 Å². The Hall–Kier alpha value is -3.52. The van der Waals surface area contributed by atoms with Gasteiger partial charge in [-0.25, -0.2) is 9.78 Å². The van der Waals surface area contributed by atoms with Gasteiger partial charge in [0.15, 0.2) is 0 Å². The Bertz CT molecular complexity index is 859. The molecule has 0 aliphatic heterocycles. The van der Waals surface area contributed by atoms with Crippen LogP contribution in [0.5, 0.6) is 0 Å². The van der Waals surface area contributed by atoms with E-state index in [2.05, 4.69) is 25.9 Å². The first kappa shape index (κ1) is 28.5. The first-order valence-corrected chi connectivity index (χ1v) is 10.7. The number of carbonyl (C=O) groups is 5. The van der Waals surface area contributed by atoms with E-state index in [0.717, 1.165) is 0 Å². The lowest BCUT2D eigenvalue weighted by Crippen LogP contribution is -2.60. The van der Waals surface area contributed by atoms with Crippen molar-refractivity contribution in [3.8, 4) is 0 Å². The molecule has 1 aromatic heterocycles. The first-order chi connectivity index (χ1) is 15.9. The number of H-pyrrole nitrogens is 1. The van der Waals surface area contributed by atoms with E-state index >= 15 is 0 Å². The minimum atomic E-state index is -1.57. The van der Waals surface area contributed by atoms with Crippen LogP contribution in [-0.4, -0.2) is 80.1 Å². The van der Waals surface area contributed by atoms with Gasteiger partial charge in [0, 0.05) is 18.3 Å². The highest BCUT2D eigenvalue weighted by Crippen LogP contribution is 2.09. The van der Waals surface area contributed by atoms with Crippen LogP contribution in [0, 0.1) is 5.92 Å². The second-order valence-electron chi connectivity index (χ2n) is 8.06. The lowest BCUT2D eigenvalue weighted by Gasteiger charge is -2.27. The van der Waals surface area contributed by atoms with E-state index in [4.69, 9.17) is 11.5 Å². The van der Waals surface area contributed by atoms with Crippen molar-refractivity contribution in [2.45, 2.75) is 70.3 Å². The molecule has 0 saturated carbocycles. The number of nitrogens with one attached hydrogen (secondary N) is 4. The Balaban J connectivity index is 2.94. The summed E-state index contributed by atoms with van der Waals surface area (Å²) in [5.41, 5.74) is 11.6. The third kappa shape index (κ3) is 8.78. The summed E-state index contributed by atoms with van der Waals surface area (Å²) in [6.07, 6.45) is 1.36. The molecule has 6 unspecified atom stereocenters. The minimum Gasteiger partial charge on any atom is -0.480 e. The number of primary amides is 1. The Morgan fingerprint density at radius 2 is 1.68 bits per heavy atom. The Morgan fingerprint density at radius 1 is 1.06 bits per heavy atom. The van der Waals surface area contributed by atoms with E-state index in [1.165, 1.54) is 19.4 Å². The number of carbonyl (C=O) groups excluding carboxylic acids is 4. The van der Waals surface area contributed by atoms with Gasteiger partial charge in [-0.2, -0.15) is 0 Å². The molecule has 1 heterocycles. The number of aromatic amines is 1. The van der Waals surface area contributed by atoms with Crippen LogP contribution in [0.4, 0.5) is 0 Å². The van der Waals surface area contributed by atoms with Crippen LogP contribution < -0.4 is 27.4 Å². The van der Waals surface area contributed by atoms with Gasteiger partial charge in [-0.05, 0) is 12.8 Å². The maximum atomic E-state index is 12.8. The molecule has 0 fully saturated rings. The summed E-state index contributed by atoms with van der Waals surface area (Å²) in [6.45, 7) is 4.58. The van der Waals surface area contributed by atoms with E-state index in [9.17, 15) is 34.2 Å². The second kappa shape index (κ2) is 13.3. The highest BCUT2D eigenvalue weighted by atomic mass is 16.4. The van der Waals surface area contributed by atoms with Crippen molar-refractivity contribution in [2.24, 2.45) is 17.4 Å². The minimum absolute atomic E-state index is 0.0711. The van der Waals surface area contributed by atoms with Gasteiger partial charge < -0.3 is 42.6 Å².